The van der Waals surface area contributed by atoms with Gasteiger partial charge in [0.2, 0.25) is 0 Å². The molecule has 0 radical (unpaired) electrons. The Labute approximate surface area is 153 Å². The molecule has 0 aromatic carbocycles. The number of rotatable bonds is 4. The fraction of sp³-hybridized carbons (Fsp3) is 0.950. The first kappa shape index (κ1) is 20.5. The molecular weight excluding hydrogens is 316 g/mol. The van der Waals surface area contributed by atoms with Gasteiger partial charge in [0, 0.05) is 24.7 Å². The van der Waals surface area contributed by atoms with Crippen molar-refractivity contribution in [3.8, 4) is 0 Å². The van der Waals surface area contributed by atoms with Gasteiger partial charge in [0.25, 0.3) is 0 Å². The first-order chi connectivity index (χ1) is 11.7. The molecule has 0 spiro atoms. The quantitative estimate of drug-likeness (QED) is 0.826. The molecule has 1 aliphatic heterocycles. The zero-order chi connectivity index (χ0) is 18.6. The Bertz CT molecular complexity index is 415. The zero-order valence-electron chi connectivity index (χ0n) is 16.8. The minimum atomic E-state index is -0.441. The summed E-state index contributed by atoms with van der Waals surface area (Å²) in [6, 6.07) is 0.811. The average molecular weight is 355 g/mol. The zero-order valence-corrected chi connectivity index (χ0v) is 16.8. The lowest BCUT2D eigenvalue weighted by Crippen LogP contribution is -2.51. The molecule has 1 saturated heterocycles. The van der Waals surface area contributed by atoms with Gasteiger partial charge in [-0.2, -0.15) is 0 Å². The molecule has 2 fully saturated rings. The molecule has 5 nitrogen and oxygen atoms in total. The summed E-state index contributed by atoms with van der Waals surface area (Å²) in [5, 5.41) is 0. The predicted octanol–water partition coefficient (Wildman–Crippen LogP) is 4.09. The van der Waals surface area contributed by atoms with E-state index in [1.807, 2.05) is 25.7 Å². The Balaban J connectivity index is 1.74. The maximum Gasteiger partial charge on any atom is 0.410 e. The number of carbonyl (C=O) groups is 1. The van der Waals surface area contributed by atoms with Crippen molar-refractivity contribution in [3.05, 3.63) is 0 Å². The number of hydrogen-bond acceptors (Lipinski definition) is 4. The molecule has 1 amide bonds. The highest BCUT2D eigenvalue weighted by atomic mass is 16.6. The van der Waals surface area contributed by atoms with Gasteiger partial charge in [0.1, 0.15) is 5.60 Å². The Morgan fingerprint density at radius 1 is 1.08 bits per heavy atom. The van der Waals surface area contributed by atoms with E-state index < -0.39 is 5.60 Å². The number of piperidine rings is 1. The van der Waals surface area contributed by atoms with Crippen LogP contribution in [0.15, 0.2) is 0 Å². The van der Waals surface area contributed by atoms with Crippen LogP contribution in [-0.4, -0.2) is 47.4 Å². The standard InChI is InChI=1S/C20H38N2O3/c1-14-12-16(10-11-24-18-8-6-17(21)7-9-18)13-15(2)22(14)19(23)25-20(3,4)5/h14-18H,6-13,21H2,1-5H3/t14-,15?,16?,17-,18-/m0/s1. The Morgan fingerprint density at radius 2 is 1.64 bits per heavy atom. The Kier molecular flexibility index (Phi) is 7.15. The van der Waals surface area contributed by atoms with Crippen LogP contribution in [-0.2, 0) is 9.47 Å². The van der Waals surface area contributed by atoms with E-state index in [4.69, 9.17) is 15.2 Å². The lowest BCUT2D eigenvalue weighted by atomic mass is 9.85. The van der Waals surface area contributed by atoms with Gasteiger partial charge in [0.05, 0.1) is 6.10 Å². The van der Waals surface area contributed by atoms with Crippen LogP contribution in [0, 0.1) is 5.92 Å². The summed E-state index contributed by atoms with van der Waals surface area (Å²) < 4.78 is 11.7. The third-order valence-electron chi connectivity index (χ3n) is 5.50. The molecular formula is C20H38N2O3. The van der Waals surface area contributed by atoms with Crippen LogP contribution >= 0.6 is 0 Å². The van der Waals surface area contributed by atoms with Crippen molar-refractivity contribution < 1.29 is 14.3 Å². The lowest BCUT2D eigenvalue weighted by Gasteiger charge is -2.43. The SMILES string of the molecule is CC1CC(CCO[C@H]2CC[C@H](N)CC2)C[C@H](C)N1C(=O)OC(C)(C)C. The summed E-state index contributed by atoms with van der Waals surface area (Å²) >= 11 is 0. The molecule has 2 aliphatic rings. The summed E-state index contributed by atoms with van der Waals surface area (Å²) in [6.07, 6.45) is 7.75. The van der Waals surface area contributed by atoms with Gasteiger partial charge in [-0.1, -0.05) is 0 Å². The number of carbonyl (C=O) groups excluding carboxylic acids is 1. The van der Waals surface area contributed by atoms with Gasteiger partial charge in [-0.05, 0) is 85.5 Å². The van der Waals surface area contributed by atoms with Gasteiger partial charge in [-0.15, -0.1) is 0 Å². The second kappa shape index (κ2) is 8.72. The minimum Gasteiger partial charge on any atom is -0.444 e. The first-order valence-electron chi connectivity index (χ1n) is 10.0. The summed E-state index contributed by atoms with van der Waals surface area (Å²) in [6.45, 7) is 10.9. The number of amides is 1. The number of hydrogen-bond donors (Lipinski definition) is 1. The number of nitrogens with zero attached hydrogens (tertiary/aromatic N) is 1. The highest BCUT2D eigenvalue weighted by Gasteiger charge is 2.36. The monoisotopic (exact) mass is 354 g/mol. The van der Waals surface area contributed by atoms with Gasteiger partial charge < -0.3 is 20.1 Å². The molecule has 3 atom stereocenters. The maximum absolute atomic E-state index is 12.5. The third-order valence-corrected chi connectivity index (χ3v) is 5.50. The largest absolute Gasteiger partial charge is 0.444 e. The van der Waals surface area contributed by atoms with E-state index in [-0.39, 0.29) is 18.2 Å². The van der Waals surface area contributed by atoms with E-state index >= 15 is 0 Å². The molecule has 1 heterocycles. The predicted molar refractivity (Wildman–Crippen MR) is 101 cm³/mol. The number of likely N-dealkylation sites (tertiary alicyclic amines) is 1. The van der Waals surface area contributed by atoms with Gasteiger partial charge in [-0.25, -0.2) is 4.79 Å². The van der Waals surface area contributed by atoms with Crippen LogP contribution in [0.25, 0.3) is 0 Å². The van der Waals surface area contributed by atoms with Crippen LogP contribution in [0.5, 0.6) is 0 Å². The first-order valence-corrected chi connectivity index (χ1v) is 10.0. The average Bonchev–Trinajstić information content (AvgIpc) is 2.46. The van der Waals surface area contributed by atoms with E-state index in [0.717, 1.165) is 51.6 Å². The van der Waals surface area contributed by atoms with Crippen molar-refractivity contribution in [3.63, 3.8) is 0 Å². The fourth-order valence-corrected chi connectivity index (χ4v) is 4.29. The van der Waals surface area contributed by atoms with E-state index in [1.165, 1.54) is 0 Å². The van der Waals surface area contributed by atoms with Crippen molar-refractivity contribution in [1.82, 2.24) is 4.90 Å². The van der Waals surface area contributed by atoms with E-state index in [2.05, 4.69) is 13.8 Å². The summed E-state index contributed by atoms with van der Waals surface area (Å²) in [5.41, 5.74) is 5.51. The molecule has 0 aromatic rings. The van der Waals surface area contributed by atoms with E-state index in [9.17, 15) is 4.79 Å². The number of ether oxygens (including phenoxy) is 2. The molecule has 146 valence electrons. The van der Waals surface area contributed by atoms with Crippen LogP contribution < -0.4 is 5.73 Å². The second-order valence-electron chi connectivity index (χ2n) is 9.12. The van der Waals surface area contributed by atoms with Crippen molar-refractivity contribution in [1.29, 1.82) is 0 Å². The van der Waals surface area contributed by atoms with Crippen molar-refractivity contribution in [2.75, 3.05) is 6.61 Å². The van der Waals surface area contributed by atoms with Gasteiger partial charge in [0.15, 0.2) is 0 Å². The van der Waals surface area contributed by atoms with Crippen LogP contribution in [0.4, 0.5) is 4.79 Å². The number of nitrogens with two attached hydrogens (primary N) is 1. The minimum absolute atomic E-state index is 0.180. The molecule has 2 unspecified atom stereocenters. The molecule has 2 rings (SSSR count). The second-order valence-corrected chi connectivity index (χ2v) is 9.12. The lowest BCUT2D eigenvalue weighted by molar-refractivity contribution is -0.0160. The molecule has 1 aliphatic carbocycles. The molecule has 5 heteroatoms. The molecule has 0 bridgehead atoms. The third kappa shape index (κ3) is 6.45. The molecule has 2 N–H and O–H groups in total. The van der Waals surface area contributed by atoms with Crippen molar-refractivity contribution >= 4 is 6.09 Å². The van der Waals surface area contributed by atoms with Crippen molar-refractivity contribution in [2.24, 2.45) is 11.7 Å². The highest BCUT2D eigenvalue weighted by Crippen LogP contribution is 2.31. The summed E-state index contributed by atoms with van der Waals surface area (Å²) in [5.74, 6) is 0.620. The van der Waals surface area contributed by atoms with Gasteiger partial charge in [-0.3, -0.25) is 0 Å². The topological polar surface area (TPSA) is 64.8 Å². The van der Waals surface area contributed by atoms with E-state index in [0.29, 0.717) is 18.1 Å². The van der Waals surface area contributed by atoms with Gasteiger partial charge >= 0.3 is 6.09 Å². The summed E-state index contributed by atoms with van der Waals surface area (Å²) in [4.78, 5) is 14.4. The van der Waals surface area contributed by atoms with Crippen LogP contribution in [0.3, 0.4) is 0 Å². The van der Waals surface area contributed by atoms with Crippen LogP contribution in [0.2, 0.25) is 0 Å². The fourth-order valence-electron chi connectivity index (χ4n) is 4.29. The Hall–Kier alpha value is -0.810. The molecule has 25 heavy (non-hydrogen) atoms. The van der Waals surface area contributed by atoms with E-state index in [1.54, 1.807) is 0 Å². The highest BCUT2D eigenvalue weighted by molar-refractivity contribution is 5.69. The summed E-state index contributed by atoms with van der Waals surface area (Å²) in [7, 11) is 0. The molecule has 0 aromatic heterocycles. The van der Waals surface area contributed by atoms with Crippen LogP contribution in [0.1, 0.15) is 79.6 Å². The normalized spacial score (nSPS) is 34.0. The smallest absolute Gasteiger partial charge is 0.410 e. The Morgan fingerprint density at radius 3 is 2.16 bits per heavy atom. The molecule has 1 saturated carbocycles. The maximum atomic E-state index is 12.5. The van der Waals surface area contributed by atoms with Crippen molar-refractivity contribution in [2.45, 2.75) is 109 Å².